The average Bonchev–Trinajstić information content (AvgIpc) is 2.64. The summed E-state index contributed by atoms with van der Waals surface area (Å²) in [6.07, 6.45) is 9.25. The van der Waals surface area contributed by atoms with E-state index in [4.69, 9.17) is 0 Å². The Morgan fingerprint density at radius 1 is 0.957 bits per heavy atom. The van der Waals surface area contributed by atoms with Crippen molar-refractivity contribution in [3.63, 3.8) is 0 Å². The van der Waals surface area contributed by atoms with E-state index in [-0.39, 0.29) is 5.91 Å². The van der Waals surface area contributed by atoms with Gasteiger partial charge in [0, 0.05) is 23.9 Å². The van der Waals surface area contributed by atoms with Crippen LogP contribution in [-0.4, -0.2) is 16.6 Å². The molecule has 1 amide bonds. The van der Waals surface area contributed by atoms with Gasteiger partial charge in [0.25, 0.3) is 5.91 Å². The van der Waals surface area contributed by atoms with Crippen LogP contribution < -0.4 is 5.43 Å². The summed E-state index contributed by atoms with van der Waals surface area (Å²) in [6, 6.07) is 13.5. The molecule has 1 heterocycles. The summed E-state index contributed by atoms with van der Waals surface area (Å²) in [6.45, 7) is 0. The lowest BCUT2D eigenvalue weighted by Gasteiger charge is -2.23. The molecule has 0 radical (unpaired) electrons. The molecule has 0 spiro atoms. The molecular formula is C19H21N3O. The SMILES string of the molecule is O=C(N/N=C(\c1ccccc1)C1CCCCC1)c1ccncc1. The van der Waals surface area contributed by atoms with Crippen molar-refractivity contribution >= 4 is 11.6 Å². The van der Waals surface area contributed by atoms with Crippen molar-refractivity contribution < 1.29 is 4.79 Å². The van der Waals surface area contributed by atoms with Crippen molar-refractivity contribution in [1.29, 1.82) is 0 Å². The highest BCUT2D eigenvalue weighted by Crippen LogP contribution is 2.27. The monoisotopic (exact) mass is 307 g/mol. The third kappa shape index (κ3) is 4.03. The van der Waals surface area contributed by atoms with Gasteiger partial charge in [-0.05, 0) is 30.5 Å². The molecule has 1 aromatic heterocycles. The topological polar surface area (TPSA) is 54.4 Å². The molecule has 0 unspecified atom stereocenters. The molecule has 1 N–H and O–H groups in total. The first kappa shape index (κ1) is 15.4. The maximum Gasteiger partial charge on any atom is 0.271 e. The van der Waals surface area contributed by atoms with Crippen LogP contribution in [0.15, 0.2) is 60.0 Å². The summed E-state index contributed by atoms with van der Waals surface area (Å²) in [5.74, 6) is 0.223. The van der Waals surface area contributed by atoms with Crippen LogP contribution in [0.5, 0.6) is 0 Å². The first-order valence-electron chi connectivity index (χ1n) is 8.18. The molecule has 0 saturated heterocycles. The third-order valence-corrected chi connectivity index (χ3v) is 4.28. The van der Waals surface area contributed by atoms with E-state index in [2.05, 4.69) is 27.6 Å². The fraction of sp³-hybridized carbons (Fsp3) is 0.316. The number of amides is 1. The number of carbonyl (C=O) groups is 1. The van der Waals surface area contributed by atoms with Crippen molar-refractivity contribution in [2.24, 2.45) is 11.0 Å². The normalized spacial score (nSPS) is 16.1. The minimum atomic E-state index is -0.198. The van der Waals surface area contributed by atoms with Crippen molar-refractivity contribution in [3.8, 4) is 0 Å². The Balaban J connectivity index is 1.81. The minimum Gasteiger partial charge on any atom is -0.267 e. The number of hydrogen-bond acceptors (Lipinski definition) is 3. The van der Waals surface area contributed by atoms with Crippen LogP contribution in [0.25, 0.3) is 0 Å². The van der Waals surface area contributed by atoms with Crippen molar-refractivity contribution in [1.82, 2.24) is 10.4 Å². The average molecular weight is 307 g/mol. The predicted molar refractivity (Wildman–Crippen MR) is 91.3 cm³/mol. The molecule has 1 aliphatic carbocycles. The highest BCUT2D eigenvalue weighted by molar-refractivity contribution is 6.03. The number of hydrogen-bond donors (Lipinski definition) is 1. The Labute approximate surface area is 136 Å². The van der Waals surface area contributed by atoms with Gasteiger partial charge >= 0.3 is 0 Å². The van der Waals surface area contributed by atoms with Crippen LogP contribution in [0.1, 0.15) is 48.0 Å². The third-order valence-electron chi connectivity index (χ3n) is 4.28. The Hall–Kier alpha value is -2.49. The number of nitrogens with zero attached hydrogens (tertiary/aromatic N) is 2. The number of carbonyl (C=O) groups excluding carboxylic acids is 1. The van der Waals surface area contributed by atoms with E-state index in [1.54, 1.807) is 24.5 Å². The lowest BCUT2D eigenvalue weighted by atomic mass is 9.83. The molecule has 0 aliphatic heterocycles. The van der Waals surface area contributed by atoms with Gasteiger partial charge in [-0.2, -0.15) is 5.10 Å². The summed E-state index contributed by atoms with van der Waals surface area (Å²) in [7, 11) is 0. The van der Waals surface area contributed by atoms with Crippen molar-refractivity contribution in [2.45, 2.75) is 32.1 Å². The molecule has 23 heavy (non-hydrogen) atoms. The molecule has 3 rings (SSSR count). The van der Waals surface area contributed by atoms with Crippen molar-refractivity contribution in [3.05, 3.63) is 66.0 Å². The van der Waals surface area contributed by atoms with Crippen LogP contribution in [0.4, 0.5) is 0 Å². The fourth-order valence-electron chi connectivity index (χ4n) is 3.06. The van der Waals surface area contributed by atoms with Gasteiger partial charge in [0.1, 0.15) is 0 Å². The molecule has 1 aliphatic rings. The maximum absolute atomic E-state index is 12.2. The predicted octanol–water partition coefficient (Wildman–Crippen LogP) is 3.80. The summed E-state index contributed by atoms with van der Waals surface area (Å²) < 4.78 is 0. The Morgan fingerprint density at radius 2 is 1.65 bits per heavy atom. The highest BCUT2D eigenvalue weighted by Gasteiger charge is 2.21. The number of benzene rings is 1. The Bertz CT molecular complexity index is 662. The number of rotatable bonds is 4. The first-order chi connectivity index (χ1) is 11.3. The Morgan fingerprint density at radius 3 is 2.35 bits per heavy atom. The molecule has 118 valence electrons. The van der Waals surface area contributed by atoms with E-state index < -0.39 is 0 Å². The molecule has 1 aromatic carbocycles. The van der Waals surface area contributed by atoms with Crippen LogP contribution in [-0.2, 0) is 0 Å². The van der Waals surface area contributed by atoms with Gasteiger partial charge in [0.2, 0.25) is 0 Å². The Kier molecular flexibility index (Phi) is 5.14. The molecule has 2 aromatic rings. The zero-order chi connectivity index (χ0) is 15.9. The summed E-state index contributed by atoms with van der Waals surface area (Å²) in [5, 5.41) is 4.49. The van der Waals surface area contributed by atoms with Gasteiger partial charge in [-0.3, -0.25) is 9.78 Å². The molecule has 1 fully saturated rings. The van der Waals surface area contributed by atoms with Crippen LogP contribution in [0, 0.1) is 5.92 Å². The molecule has 0 bridgehead atoms. The minimum absolute atomic E-state index is 0.198. The van der Waals surface area contributed by atoms with E-state index >= 15 is 0 Å². The van der Waals surface area contributed by atoms with Gasteiger partial charge in [-0.1, -0.05) is 49.6 Å². The zero-order valence-corrected chi connectivity index (χ0v) is 13.1. The van der Waals surface area contributed by atoms with Gasteiger partial charge < -0.3 is 0 Å². The molecule has 4 nitrogen and oxygen atoms in total. The van der Waals surface area contributed by atoms with E-state index in [9.17, 15) is 4.79 Å². The van der Waals surface area contributed by atoms with Crippen molar-refractivity contribution in [2.75, 3.05) is 0 Å². The summed E-state index contributed by atoms with van der Waals surface area (Å²) in [5.41, 5.74) is 5.37. The summed E-state index contributed by atoms with van der Waals surface area (Å²) in [4.78, 5) is 16.1. The van der Waals surface area contributed by atoms with E-state index in [1.165, 1.54) is 19.3 Å². The molecule has 0 atom stereocenters. The number of pyridine rings is 1. The molecule has 4 heteroatoms. The number of hydrazone groups is 1. The number of nitrogens with one attached hydrogen (secondary N) is 1. The van der Waals surface area contributed by atoms with Gasteiger partial charge in [-0.15, -0.1) is 0 Å². The number of aromatic nitrogens is 1. The molecular weight excluding hydrogens is 286 g/mol. The lowest BCUT2D eigenvalue weighted by Crippen LogP contribution is -2.25. The van der Waals surface area contributed by atoms with Gasteiger partial charge in [0.15, 0.2) is 0 Å². The van der Waals surface area contributed by atoms with E-state index in [1.807, 2.05) is 18.2 Å². The second-order valence-electron chi connectivity index (χ2n) is 5.87. The zero-order valence-electron chi connectivity index (χ0n) is 13.1. The lowest BCUT2D eigenvalue weighted by molar-refractivity contribution is 0.0954. The standard InChI is InChI=1S/C19H21N3O/c23-19(17-11-13-20-14-12-17)22-21-18(15-7-3-1-4-8-15)16-9-5-2-6-10-16/h1,3-4,7-8,11-14,16H,2,5-6,9-10H2,(H,22,23)/b21-18+. The van der Waals surface area contributed by atoms with Gasteiger partial charge in [-0.25, -0.2) is 5.43 Å². The largest absolute Gasteiger partial charge is 0.271 e. The summed E-state index contributed by atoms with van der Waals surface area (Å²) >= 11 is 0. The molecule has 1 saturated carbocycles. The van der Waals surface area contributed by atoms with E-state index in [0.717, 1.165) is 24.1 Å². The second-order valence-corrected chi connectivity index (χ2v) is 5.87. The second kappa shape index (κ2) is 7.68. The smallest absolute Gasteiger partial charge is 0.267 e. The van der Waals surface area contributed by atoms with Crippen LogP contribution >= 0.6 is 0 Å². The first-order valence-corrected chi connectivity index (χ1v) is 8.18. The van der Waals surface area contributed by atoms with Gasteiger partial charge in [0.05, 0.1) is 5.71 Å². The van der Waals surface area contributed by atoms with Crippen LogP contribution in [0.3, 0.4) is 0 Å². The fourth-order valence-corrected chi connectivity index (χ4v) is 3.06. The quantitative estimate of drug-likeness (QED) is 0.690. The maximum atomic E-state index is 12.2. The highest BCUT2D eigenvalue weighted by atomic mass is 16.2. The van der Waals surface area contributed by atoms with Crippen LogP contribution in [0.2, 0.25) is 0 Å². The van der Waals surface area contributed by atoms with E-state index in [0.29, 0.717) is 11.5 Å².